The highest BCUT2D eigenvalue weighted by Gasteiger charge is 2.21. The van der Waals surface area contributed by atoms with Crippen LogP contribution >= 0.6 is 24.0 Å². The van der Waals surface area contributed by atoms with E-state index in [-0.39, 0.29) is 24.0 Å². The van der Waals surface area contributed by atoms with E-state index in [0.717, 1.165) is 64.7 Å². The molecule has 138 valence electrons. The van der Waals surface area contributed by atoms with Crippen molar-refractivity contribution in [3.8, 4) is 0 Å². The van der Waals surface area contributed by atoms with E-state index in [4.69, 9.17) is 4.74 Å². The van der Waals surface area contributed by atoms with Crippen LogP contribution in [0.5, 0.6) is 0 Å². The van der Waals surface area contributed by atoms with Crippen molar-refractivity contribution in [3.63, 3.8) is 0 Å². The molecular weight excluding hydrogens is 405 g/mol. The SMILES string of the molecule is CCCCOCCCNC(=NC)NCC1CN(C)CCN1C.I. The van der Waals surface area contributed by atoms with Crippen LogP contribution in [0, 0.1) is 0 Å². The molecule has 23 heavy (non-hydrogen) atoms. The van der Waals surface area contributed by atoms with Crippen molar-refractivity contribution in [3.05, 3.63) is 0 Å². The first-order valence-electron chi connectivity index (χ1n) is 8.58. The van der Waals surface area contributed by atoms with Crippen molar-refractivity contribution < 1.29 is 4.74 Å². The molecule has 1 rings (SSSR count). The van der Waals surface area contributed by atoms with E-state index < -0.39 is 0 Å². The molecule has 0 amide bonds. The fourth-order valence-electron chi connectivity index (χ4n) is 2.49. The molecule has 1 atom stereocenters. The molecule has 1 aliphatic rings. The third-order valence-corrected chi connectivity index (χ3v) is 4.11. The average Bonchev–Trinajstić information content (AvgIpc) is 2.52. The zero-order valence-corrected chi connectivity index (χ0v) is 17.6. The third-order valence-electron chi connectivity index (χ3n) is 4.11. The van der Waals surface area contributed by atoms with Crippen LogP contribution in [0.4, 0.5) is 0 Å². The van der Waals surface area contributed by atoms with Gasteiger partial charge in [0.1, 0.15) is 0 Å². The Morgan fingerprint density at radius 2 is 1.91 bits per heavy atom. The molecule has 0 aliphatic carbocycles. The molecular formula is C16H36IN5O. The van der Waals surface area contributed by atoms with Gasteiger partial charge in [0.15, 0.2) is 5.96 Å². The lowest BCUT2D eigenvalue weighted by Gasteiger charge is -2.37. The fraction of sp³-hybridized carbons (Fsp3) is 0.938. The number of aliphatic imine (C=N–C) groups is 1. The Labute approximate surface area is 159 Å². The van der Waals surface area contributed by atoms with Crippen LogP contribution in [0.1, 0.15) is 26.2 Å². The summed E-state index contributed by atoms with van der Waals surface area (Å²) in [5.41, 5.74) is 0. The monoisotopic (exact) mass is 441 g/mol. The molecule has 0 radical (unpaired) electrons. The number of halogens is 1. The lowest BCUT2D eigenvalue weighted by Crippen LogP contribution is -2.55. The van der Waals surface area contributed by atoms with E-state index in [1.54, 1.807) is 0 Å². The minimum Gasteiger partial charge on any atom is -0.381 e. The second-order valence-electron chi connectivity index (χ2n) is 6.10. The molecule has 0 aromatic rings. The van der Waals surface area contributed by atoms with Crippen LogP contribution in [0.25, 0.3) is 0 Å². The number of piperazine rings is 1. The Hall–Kier alpha value is -0.120. The molecule has 1 saturated heterocycles. The van der Waals surface area contributed by atoms with E-state index in [1.165, 1.54) is 6.42 Å². The van der Waals surface area contributed by atoms with Crippen LogP contribution in [-0.2, 0) is 4.74 Å². The van der Waals surface area contributed by atoms with Crippen molar-refractivity contribution in [2.24, 2.45) is 4.99 Å². The number of nitrogens with one attached hydrogen (secondary N) is 2. The summed E-state index contributed by atoms with van der Waals surface area (Å²) < 4.78 is 5.56. The van der Waals surface area contributed by atoms with Gasteiger partial charge in [-0.15, -0.1) is 24.0 Å². The van der Waals surface area contributed by atoms with Crippen LogP contribution in [0.15, 0.2) is 4.99 Å². The van der Waals surface area contributed by atoms with E-state index in [2.05, 4.69) is 46.4 Å². The van der Waals surface area contributed by atoms with Crippen molar-refractivity contribution in [2.75, 3.05) is 67.1 Å². The highest BCUT2D eigenvalue weighted by molar-refractivity contribution is 14.0. The molecule has 0 aromatic heterocycles. The Bertz CT molecular complexity index is 317. The minimum atomic E-state index is 0. The number of guanidine groups is 1. The van der Waals surface area contributed by atoms with E-state index >= 15 is 0 Å². The largest absolute Gasteiger partial charge is 0.381 e. The molecule has 0 aromatic carbocycles. The van der Waals surface area contributed by atoms with Gasteiger partial charge in [-0.2, -0.15) is 0 Å². The van der Waals surface area contributed by atoms with Gasteiger partial charge in [-0.25, -0.2) is 0 Å². The quantitative estimate of drug-likeness (QED) is 0.244. The van der Waals surface area contributed by atoms with Gasteiger partial charge < -0.3 is 20.3 Å². The van der Waals surface area contributed by atoms with Gasteiger partial charge >= 0.3 is 0 Å². The lowest BCUT2D eigenvalue weighted by molar-refractivity contribution is 0.116. The minimum absolute atomic E-state index is 0. The Morgan fingerprint density at radius 3 is 2.61 bits per heavy atom. The second-order valence-corrected chi connectivity index (χ2v) is 6.10. The van der Waals surface area contributed by atoms with Gasteiger partial charge in [0.05, 0.1) is 0 Å². The van der Waals surface area contributed by atoms with Gasteiger partial charge in [-0.05, 0) is 26.9 Å². The number of rotatable bonds is 9. The van der Waals surface area contributed by atoms with E-state index in [9.17, 15) is 0 Å². The maximum Gasteiger partial charge on any atom is 0.191 e. The first-order chi connectivity index (χ1) is 10.7. The number of hydrogen-bond donors (Lipinski definition) is 2. The highest BCUT2D eigenvalue weighted by Crippen LogP contribution is 2.04. The topological polar surface area (TPSA) is 52.1 Å². The van der Waals surface area contributed by atoms with Gasteiger partial charge in [0.2, 0.25) is 0 Å². The molecule has 1 aliphatic heterocycles. The van der Waals surface area contributed by atoms with E-state index in [1.807, 2.05) is 7.05 Å². The van der Waals surface area contributed by atoms with Crippen molar-refractivity contribution in [1.82, 2.24) is 20.4 Å². The number of ether oxygens (including phenoxy) is 1. The van der Waals surface area contributed by atoms with Gasteiger partial charge in [0.25, 0.3) is 0 Å². The molecule has 1 heterocycles. The third kappa shape index (κ3) is 10.4. The first kappa shape index (κ1) is 22.9. The number of hydrogen-bond acceptors (Lipinski definition) is 4. The van der Waals surface area contributed by atoms with Gasteiger partial charge in [-0.3, -0.25) is 9.89 Å². The summed E-state index contributed by atoms with van der Waals surface area (Å²) in [6.45, 7) is 9.08. The standard InChI is InChI=1S/C16H35N5O.HI/c1-5-6-11-22-12-7-8-18-16(17-2)19-13-15-14-20(3)9-10-21(15)4;/h15H,5-14H2,1-4H3,(H2,17,18,19);1H. The Morgan fingerprint density at radius 1 is 1.17 bits per heavy atom. The van der Waals surface area contributed by atoms with Crippen LogP contribution in [0.2, 0.25) is 0 Å². The average molecular weight is 441 g/mol. The zero-order valence-electron chi connectivity index (χ0n) is 15.3. The van der Waals surface area contributed by atoms with Crippen LogP contribution < -0.4 is 10.6 Å². The highest BCUT2D eigenvalue weighted by atomic mass is 127. The molecule has 1 unspecified atom stereocenters. The number of unbranched alkanes of at least 4 members (excludes halogenated alkanes) is 1. The summed E-state index contributed by atoms with van der Waals surface area (Å²) in [5.74, 6) is 0.884. The number of likely N-dealkylation sites (N-methyl/N-ethyl adjacent to an activating group) is 2. The summed E-state index contributed by atoms with van der Waals surface area (Å²) in [5, 5.41) is 6.78. The molecule has 6 nitrogen and oxygen atoms in total. The molecule has 2 N–H and O–H groups in total. The normalized spacial score (nSPS) is 20.2. The molecule has 0 saturated carbocycles. The summed E-state index contributed by atoms with van der Waals surface area (Å²) in [7, 11) is 6.21. The Kier molecular flexibility index (Phi) is 14.2. The maximum atomic E-state index is 5.56. The van der Waals surface area contributed by atoms with Gasteiger partial charge in [0, 0.05) is 59.0 Å². The second kappa shape index (κ2) is 14.2. The summed E-state index contributed by atoms with van der Waals surface area (Å²) >= 11 is 0. The van der Waals surface area contributed by atoms with Crippen molar-refractivity contribution >= 4 is 29.9 Å². The van der Waals surface area contributed by atoms with Crippen LogP contribution in [0.3, 0.4) is 0 Å². The van der Waals surface area contributed by atoms with E-state index in [0.29, 0.717) is 6.04 Å². The Balaban J connectivity index is 0.00000484. The molecule has 0 spiro atoms. The van der Waals surface area contributed by atoms with Crippen molar-refractivity contribution in [1.29, 1.82) is 0 Å². The first-order valence-corrected chi connectivity index (χ1v) is 8.58. The fourth-order valence-corrected chi connectivity index (χ4v) is 2.49. The predicted octanol–water partition coefficient (Wildman–Crippen LogP) is 1.22. The zero-order chi connectivity index (χ0) is 16.2. The molecule has 1 fully saturated rings. The smallest absolute Gasteiger partial charge is 0.191 e. The summed E-state index contributed by atoms with van der Waals surface area (Å²) in [6, 6.07) is 0.537. The summed E-state index contributed by atoms with van der Waals surface area (Å²) in [4.78, 5) is 9.09. The molecule has 7 heteroatoms. The lowest BCUT2D eigenvalue weighted by atomic mass is 10.2. The van der Waals surface area contributed by atoms with Crippen LogP contribution in [-0.4, -0.2) is 88.9 Å². The predicted molar refractivity (Wildman–Crippen MR) is 109 cm³/mol. The van der Waals surface area contributed by atoms with Gasteiger partial charge in [-0.1, -0.05) is 13.3 Å². The maximum absolute atomic E-state index is 5.56. The molecule has 0 bridgehead atoms. The number of nitrogens with zero attached hydrogens (tertiary/aromatic N) is 3. The summed E-state index contributed by atoms with van der Waals surface area (Å²) in [6.07, 6.45) is 3.36. The van der Waals surface area contributed by atoms with Crippen molar-refractivity contribution in [2.45, 2.75) is 32.2 Å².